The van der Waals surface area contributed by atoms with Crippen molar-refractivity contribution < 1.29 is 37.6 Å². The van der Waals surface area contributed by atoms with E-state index in [1.165, 1.54) is 199 Å². The molecule has 10 heteroatoms. The highest BCUT2D eigenvalue weighted by Gasteiger charge is 2.26. The number of carbonyl (C=O) groups is 2. The van der Waals surface area contributed by atoms with Crippen molar-refractivity contribution in [2.75, 3.05) is 26.4 Å². The number of unbranched alkanes of at least 4 members (excludes halogenated alkanes) is 35. The summed E-state index contributed by atoms with van der Waals surface area (Å²) in [6.07, 6.45) is 69.0. The van der Waals surface area contributed by atoms with Crippen LogP contribution in [0.15, 0.2) is 48.6 Å². The summed E-state index contributed by atoms with van der Waals surface area (Å²) in [5.41, 5.74) is 5.38. The standard InChI is InChI=1S/C60H112NO8P/c1-3-5-7-9-11-13-15-17-19-20-21-22-23-24-25-26-27-28-29-30-31-32-33-34-35-36-37-38-39-41-43-45-47-49-51-53-60(63)69-58(57-68-70(64,65)67-55-54-61)56-66-59(62)52-50-48-46-44-42-40-18-16-14-12-10-8-6-4-2/h5,7,11,13,17,19,21-22,58H,3-4,6,8-10,12,14-16,18,20,23-57,61H2,1-2H3,(H,64,65)/b7-5-,13-11-,19-17-,22-21-. The maximum atomic E-state index is 12.7. The smallest absolute Gasteiger partial charge is 0.462 e. The molecule has 0 aromatic carbocycles. The Balaban J connectivity index is 3.81. The summed E-state index contributed by atoms with van der Waals surface area (Å²) >= 11 is 0. The molecule has 0 saturated carbocycles. The van der Waals surface area contributed by atoms with Gasteiger partial charge in [-0.2, -0.15) is 0 Å². The van der Waals surface area contributed by atoms with Crippen LogP contribution in [0, 0.1) is 0 Å². The van der Waals surface area contributed by atoms with Crippen LogP contribution in [0.5, 0.6) is 0 Å². The fourth-order valence-electron chi connectivity index (χ4n) is 8.63. The molecule has 0 radical (unpaired) electrons. The summed E-state index contributed by atoms with van der Waals surface area (Å²) in [7, 11) is -4.38. The molecule has 0 bridgehead atoms. The van der Waals surface area contributed by atoms with Crippen LogP contribution < -0.4 is 5.73 Å². The first kappa shape index (κ1) is 68.0. The van der Waals surface area contributed by atoms with Crippen LogP contribution in [-0.4, -0.2) is 49.3 Å². The van der Waals surface area contributed by atoms with Crippen molar-refractivity contribution in [1.29, 1.82) is 0 Å². The maximum absolute atomic E-state index is 12.7. The van der Waals surface area contributed by atoms with Crippen LogP contribution in [0.25, 0.3) is 0 Å². The van der Waals surface area contributed by atoms with Crippen LogP contribution in [-0.2, 0) is 32.7 Å². The lowest BCUT2D eigenvalue weighted by atomic mass is 10.0. The zero-order valence-electron chi connectivity index (χ0n) is 45.8. The lowest BCUT2D eigenvalue weighted by Gasteiger charge is -2.19. The summed E-state index contributed by atoms with van der Waals surface area (Å²) in [6, 6.07) is 0. The van der Waals surface area contributed by atoms with Crippen molar-refractivity contribution in [3.8, 4) is 0 Å². The van der Waals surface area contributed by atoms with Crippen LogP contribution in [0.1, 0.15) is 290 Å². The highest BCUT2D eigenvalue weighted by atomic mass is 31.2. The molecule has 2 unspecified atom stereocenters. The lowest BCUT2D eigenvalue weighted by molar-refractivity contribution is -0.161. The first-order valence-corrected chi connectivity index (χ1v) is 31.1. The van der Waals surface area contributed by atoms with Gasteiger partial charge in [-0.3, -0.25) is 18.6 Å². The van der Waals surface area contributed by atoms with Gasteiger partial charge in [-0.25, -0.2) is 4.57 Å². The highest BCUT2D eigenvalue weighted by molar-refractivity contribution is 7.47. The molecular weight excluding hydrogens is 894 g/mol. The zero-order valence-corrected chi connectivity index (χ0v) is 46.7. The predicted octanol–water partition coefficient (Wildman–Crippen LogP) is 18.6. The van der Waals surface area contributed by atoms with E-state index in [-0.39, 0.29) is 38.6 Å². The Morgan fingerprint density at radius 1 is 0.443 bits per heavy atom. The first-order chi connectivity index (χ1) is 34.3. The van der Waals surface area contributed by atoms with Gasteiger partial charge in [0.15, 0.2) is 6.10 Å². The van der Waals surface area contributed by atoms with E-state index in [2.05, 4.69) is 62.5 Å². The predicted molar refractivity (Wildman–Crippen MR) is 298 cm³/mol. The average Bonchev–Trinajstić information content (AvgIpc) is 3.35. The third kappa shape index (κ3) is 55.3. The number of hydrogen-bond acceptors (Lipinski definition) is 8. The minimum atomic E-state index is -4.38. The molecule has 0 spiro atoms. The molecule has 3 N–H and O–H groups in total. The number of carbonyl (C=O) groups excluding carboxylic acids is 2. The second-order valence-corrected chi connectivity index (χ2v) is 21.3. The van der Waals surface area contributed by atoms with Crippen LogP contribution in [0.2, 0.25) is 0 Å². The number of nitrogens with two attached hydrogens (primary N) is 1. The molecule has 0 aromatic heterocycles. The molecule has 9 nitrogen and oxygen atoms in total. The normalized spacial score (nSPS) is 13.4. The van der Waals surface area contributed by atoms with Gasteiger partial charge in [0.25, 0.3) is 0 Å². The minimum absolute atomic E-state index is 0.0558. The van der Waals surface area contributed by atoms with Crippen LogP contribution >= 0.6 is 7.82 Å². The third-order valence-electron chi connectivity index (χ3n) is 13.0. The Hall–Kier alpha value is -2.03. The van der Waals surface area contributed by atoms with Gasteiger partial charge < -0.3 is 20.1 Å². The number of ether oxygens (including phenoxy) is 2. The van der Waals surface area contributed by atoms with Crippen molar-refractivity contribution in [2.24, 2.45) is 5.73 Å². The molecular formula is C60H112NO8P. The van der Waals surface area contributed by atoms with Crippen molar-refractivity contribution in [3.63, 3.8) is 0 Å². The molecule has 0 heterocycles. The Morgan fingerprint density at radius 2 is 0.786 bits per heavy atom. The van der Waals surface area contributed by atoms with E-state index in [4.69, 9.17) is 24.3 Å². The molecule has 0 amide bonds. The summed E-state index contributed by atoms with van der Waals surface area (Å²) in [5.74, 6) is -0.812. The van der Waals surface area contributed by atoms with Gasteiger partial charge in [0, 0.05) is 19.4 Å². The Bertz CT molecular complexity index is 1280. The third-order valence-corrected chi connectivity index (χ3v) is 14.0. The molecule has 0 fully saturated rings. The van der Waals surface area contributed by atoms with Gasteiger partial charge in [0.1, 0.15) is 6.61 Å². The van der Waals surface area contributed by atoms with E-state index in [0.717, 1.165) is 57.8 Å². The van der Waals surface area contributed by atoms with E-state index in [1.54, 1.807) is 0 Å². The average molecular weight is 1010 g/mol. The van der Waals surface area contributed by atoms with E-state index in [9.17, 15) is 19.0 Å². The van der Waals surface area contributed by atoms with Gasteiger partial charge in [0.05, 0.1) is 13.2 Å². The number of hydrogen-bond donors (Lipinski definition) is 2. The van der Waals surface area contributed by atoms with E-state index in [0.29, 0.717) is 6.42 Å². The van der Waals surface area contributed by atoms with Crippen molar-refractivity contribution in [2.45, 2.75) is 296 Å². The molecule has 0 saturated heterocycles. The summed E-state index contributed by atoms with van der Waals surface area (Å²) < 4.78 is 33.0. The fraction of sp³-hybridized carbons (Fsp3) is 0.833. The van der Waals surface area contributed by atoms with Crippen LogP contribution in [0.4, 0.5) is 0 Å². The lowest BCUT2D eigenvalue weighted by Crippen LogP contribution is -2.29. The molecule has 410 valence electrons. The Labute approximate surface area is 432 Å². The first-order valence-electron chi connectivity index (χ1n) is 29.6. The summed E-state index contributed by atoms with van der Waals surface area (Å²) in [4.78, 5) is 35.1. The molecule has 0 aliphatic heterocycles. The Kier molecular flexibility index (Phi) is 54.6. The quantitative estimate of drug-likeness (QED) is 0.0264. The van der Waals surface area contributed by atoms with Crippen LogP contribution in [0.3, 0.4) is 0 Å². The van der Waals surface area contributed by atoms with Gasteiger partial charge in [-0.1, -0.05) is 274 Å². The summed E-state index contributed by atoms with van der Waals surface area (Å²) in [6.45, 7) is 3.67. The van der Waals surface area contributed by atoms with Gasteiger partial charge >= 0.3 is 19.8 Å². The molecule has 0 rings (SSSR count). The number of phosphoric ester groups is 1. The number of phosphoric acid groups is 1. The number of rotatable bonds is 56. The largest absolute Gasteiger partial charge is 0.472 e. The van der Waals surface area contributed by atoms with Gasteiger partial charge in [-0.05, 0) is 51.4 Å². The molecule has 0 aromatic rings. The second-order valence-electron chi connectivity index (χ2n) is 19.8. The maximum Gasteiger partial charge on any atom is 0.472 e. The SMILES string of the molecule is CC/C=C\C/C=C\C/C=C\C/C=C\CCCCCCCCCCCCCCCCCCCCCCCCC(=O)OC(COC(=O)CCCCCCCCCCCCCCCC)COP(=O)(O)OCCN. The number of allylic oxidation sites excluding steroid dienone is 8. The van der Waals surface area contributed by atoms with E-state index < -0.39 is 26.5 Å². The Morgan fingerprint density at radius 3 is 1.17 bits per heavy atom. The topological polar surface area (TPSA) is 134 Å². The van der Waals surface area contributed by atoms with Gasteiger partial charge in [-0.15, -0.1) is 0 Å². The number of esters is 2. The van der Waals surface area contributed by atoms with E-state index in [1.807, 2.05) is 0 Å². The molecule has 2 atom stereocenters. The minimum Gasteiger partial charge on any atom is -0.462 e. The second kappa shape index (κ2) is 56.3. The van der Waals surface area contributed by atoms with Gasteiger partial charge in [0.2, 0.25) is 0 Å². The van der Waals surface area contributed by atoms with Crippen molar-refractivity contribution >= 4 is 19.8 Å². The summed E-state index contributed by atoms with van der Waals surface area (Å²) in [5, 5.41) is 0. The molecule has 0 aliphatic carbocycles. The fourth-order valence-corrected chi connectivity index (χ4v) is 9.40. The van der Waals surface area contributed by atoms with Crippen molar-refractivity contribution in [3.05, 3.63) is 48.6 Å². The highest BCUT2D eigenvalue weighted by Crippen LogP contribution is 2.43. The van der Waals surface area contributed by atoms with Crippen molar-refractivity contribution in [1.82, 2.24) is 0 Å². The molecule has 70 heavy (non-hydrogen) atoms. The monoisotopic (exact) mass is 1010 g/mol. The van der Waals surface area contributed by atoms with E-state index >= 15 is 0 Å². The zero-order chi connectivity index (χ0) is 51.0. The molecule has 0 aliphatic rings.